The molecule has 5 heteroatoms. The summed E-state index contributed by atoms with van der Waals surface area (Å²) < 4.78 is 2.36. The van der Waals surface area contributed by atoms with Crippen molar-refractivity contribution in [2.24, 2.45) is 10.9 Å². The Bertz CT molecular complexity index is 2780. The number of hydrogen-bond donors (Lipinski definition) is 0. The van der Waals surface area contributed by atoms with Crippen LogP contribution in [0.3, 0.4) is 0 Å². The predicted molar refractivity (Wildman–Crippen MR) is 198 cm³/mol. The molecule has 0 aliphatic carbocycles. The topological polar surface area (TPSA) is 56.0 Å². The van der Waals surface area contributed by atoms with Crippen LogP contribution in [0.15, 0.2) is 145 Å². The molecule has 48 heavy (non-hydrogen) atoms. The highest BCUT2D eigenvalue weighted by Gasteiger charge is 2.24. The number of benzene rings is 5. The second kappa shape index (κ2) is 10.4. The molecule has 1 aliphatic heterocycles. The Hall–Kier alpha value is -6.20. The summed E-state index contributed by atoms with van der Waals surface area (Å²) in [6.07, 6.45) is 4.64. The molecule has 5 aromatic carbocycles. The van der Waals surface area contributed by atoms with E-state index in [-0.39, 0.29) is 5.92 Å². The van der Waals surface area contributed by atoms with Crippen molar-refractivity contribution in [3.8, 4) is 16.9 Å². The maximum Gasteiger partial charge on any atom is 0.0972 e. The second-order valence-electron chi connectivity index (χ2n) is 12.8. The zero-order chi connectivity index (χ0) is 31.8. The maximum absolute atomic E-state index is 5.33. The predicted octanol–water partition coefficient (Wildman–Crippen LogP) is 10.4. The van der Waals surface area contributed by atoms with Crippen molar-refractivity contribution < 1.29 is 0 Å². The molecule has 0 bridgehead atoms. The van der Waals surface area contributed by atoms with Gasteiger partial charge in [0.1, 0.15) is 0 Å². The van der Waals surface area contributed by atoms with Crippen molar-refractivity contribution in [3.05, 3.63) is 151 Å². The zero-order valence-electron chi connectivity index (χ0n) is 26.3. The SMILES string of the molecule is CC1Cc2ccc3cccnc3c2N=C1c1ccc2c(c1)c1cc(-c3ccc4ccc5cccnc5c4n3)ccc1n2-c1ccccc1. The molecule has 10 rings (SSSR count). The molecule has 1 unspecified atom stereocenters. The molecule has 5 heterocycles. The van der Waals surface area contributed by atoms with Gasteiger partial charge in [-0.2, -0.15) is 0 Å². The fraction of sp³-hybridized carbons (Fsp3) is 0.0698. The van der Waals surface area contributed by atoms with Gasteiger partial charge in [-0.25, -0.2) is 9.98 Å². The van der Waals surface area contributed by atoms with Crippen molar-refractivity contribution in [3.63, 3.8) is 0 Å². The largest absolute Gasteiger partial charge is 0.309 e. The van der Waals surface area contributed by atoms with Crippen molar-refractivity contribution in [2.45, 2.75) is 13.3 Å². The van der Waals surface area contributed by atoms with Crippen molar-refractivity contribution in [1.29, 1.82) is 0 Å². The van der Waals surface area contributed by atoms with Crippen LogP contribution < -0.4 is 0 Å². The first-order chi connectivity index (χ1) is 23.7. The number of para-hydroxylation sites is 1. The minimum atomic E-state index is 0.277. The van der Waals surface area contributed by atoms with Gasteiger partial charge < -0.3 is 4.57 Å². The van der Waals surface area contributed by atoms with Gasteiger partial charge >= 0.3 is 0 Å². The van der Waals surface area contributed by atoms with Crippen LogP contribution in [0.25, 0.3) is 71.5 Å². The molecule has 0 amide bonds. The van der Waals surface area contributed by atoms with E-state index >= 15 is 0 Å². The Labute approximate surface area is 276 Å². The maximum atomic E-state index is 5.33. The van der Waals surface area contributed by atoms with Crippen LogP contribution >= 0.6 is 0 Å². The lowest BCUT2D eigenvalue weighted by molar-refractivity contribution is 0.756. The van der Waals surface area contributed by atoms with Crippen molar-refractivity contribution >= 4 is 65.9 Å². The number of rotatable bonds is 3. The lowest BCUT2D eigenvalue weighted by Crippen LogP contribution is -2.19. The third-order valence-electron chi connectivity index (χ3n) is 9.86. The van der Waals surface area contributed by atoms with Crippen LogP contribution in [0.2, 0.25) is 0 Å². The molecule has 0 saturated heterocycles. The number of nitrogens with zero attached hydrogens (tertiary/aromatic N) is 5. The fourth-order valence-electron chi connectivity index (χ4n) is 7.55. The summed E-state index contributed by atoms with van der Waals surface area (Å²) in [4.78, 5) is 19.9. The van der Waals surface area contributed by atoms with E-state index < -0.39 is 0 Å². The Balaban J connectivity index is 1.19. The third-order valence-corrected chi connectivity index (χ3v) is 9.86. The number of fused-ring (bicyclic) bond motifs is 9. The Morgan fingerprint density at radius 3 is 2.02 bits per heavy atom. The highest BCUT2D eigenvalue weighted by molar-refractivity contribution is 6.15. The van der Waals surface area contributed by atoms with Gasteiger partial charge in [-0.15, -0.1) is 0 Å². The average molecular weight is 616 g/mol. The van der Waals surface area contributed by atoms with Gasteiger partial charge in [0.25, 0.3) is 0 Å². The van der Waals surface area contributed by atoms with Gasteiger partial charge in [0, 0.05) is 56.5 Å². The second-order valence-corrected chi connectivity index (χ2v) is 12.8. The molecule has 0 N–H and O–H groups in total. The van der Waals surface area contributed by atoms with Crippen LogP contribution in [-0.4, -0.2) is 25.2 Å². The van der Waals surface area contributed by atoms with Gasteiger partial charge in [0.2, 0.25) is 0 Å². The van der Waals surface area contributed by atoms with Gasteiger partial charge in [-0.3, -0.25) is 9.97 Å². The summed E-state index contributed by atoms with van der Waals surface area (Å²) in [6, 6.07) is 45.2. The van der Waals surface area contributed by atoms with Gasteiger partial charge in [-0.05, 0) is 72.1 Å². The minimum absolute atomic E-state index is 0.277. The lowest BCUT2D eigenvalue weighted by atomic mass is 9.87. The molecule has 0 spiro atoms. The summed E-state index contributed by atoms with van der Waals surface area (Å²) in [5, 5.41) is 5.67. The zero-order valence-corrected chi connectivity index (χ0v) is 26.3. The standard InChI is InChI=1S/C43H29N5/c1-26-23-31-14-13-28-8-6-22-45-41(28)43(31)47-39(26)32-17-20-38-35(25-32)34-24-30(16-19-37(34)48(38)33-9-3-2-4-10-33)36-18-15-29-12-11-27-7-5-21-44-40(27)42(29)46-36/h2-22,24-26H,23H2,1H3. The Kier molecular flexibility index (Phi) is 5.85. The van der Waals surface area contributed by atoms with Gasteiger partial charge in [0.05, 0.1) is 44.7 Å². The molecule has 9 aromatic rings. The summed E-state index contributed by atoms with van der Waals surface area (Å²) >= 11 is 0. The number of aromatic nitrogens is 4. The van der Waals surface area contributed by atoms with Gasteiger partial charge in [0.15, 0.2) is 0 Å². The van der Waals surface area contributed by atoms with Gasteiger partial charge in [-0.1, -0.05) is 79.7 Å². The van der Waals surface area contributed by atoms with Crippen LogP contribution in [0.1, 0.15) is 18.1 Å². The third kappa shape index (κ3) is 4.11. The summed E-state index contributed by atoms with van der Waals surface area (Å²) in [5.74, 6) is 0.277. The van der Waals surface area contributed by atoms with E-state index in [2.05, 4.69) is 132 Å². The van der Waals surface area contributed by atoms with Crippen molar-refractivity contribution in [1.82, 2.24) is 19.5 Å². The quantitative estimate of drug-likeness (QED) is 0.186. The van der Waals surface area contributed by atoms with Crippen molar-refractivity contribution in [2.75, 3.05) is 0 Å². The molecule has 0 radical (unpaired) electrons. The highest BCUT2D eigenvalue weighted by atomic mass is 15.0. The van der Waals surface area contributed by atoms with Crippen LogP contribution in [0.4, 0.5) is 5.69 Å². The van der Waals surface area contributed by atoms with E-state index in [0.29, 0.717) is 0 Å². The van der Waals surface area contributed by atoms with E-state index in [4.69, 9.17) is 15.0 Å². The summed E-state index contributed by atoms with van der Waals surface area (Å²) in [6.45, 7) is 2.28. The van der Waals surface area contributed by atoms with E-state index in [0.717, 1.165) is 84.1 Å². The van der Waals surface area contributed by atoms with E-state index in [1.165, 1.54) is 16.3 Å². The smallest absolute Gasteiger partial charge is 0.0972 e. The summed E-state index contributed by atoms with van der Waals surface area (Å²) in [5.41, 5.74) is 12.8. The number of aliphatic imine (C=N–C) groups is 1. The Morgan fingerprint density at radius 2 is 1.23 bits per heavy atom. The average Bonchev–Trinajstić information content (AvgIpc) is 3.47. The Morgan fingerprint density at radius 1 is 0.583 bits per heavy atom. The lowest BCUT2D eigenvalue weighted by Gasteiger charge is -2.23. The number of hydrogen-bond acceptors (Lipinski definition) is 4. The highest BCUT2D eigenvalue weighted by Crippen LogP contribution is 2.39. The first-order valence-corrected chi connectivity index (χ1v) is 16.4. The van der Waals surface area contributed by atoms with E-state index in [1.54, 1.807) is 0 Å². The molecular formula is C43H29N5. The molecule has 226 valence electrons. The van der Waals surface area contributed by atoms with E-state index in [9.17, 15) is 0 Å². The molecule has 1 aliphatic rings. The first kappa shape index (κ1) is 27.0. The fourth-order valence-corrected chi connectivity index (χ4v) is 7.55. The number of pyridine rings is 3. The molecule has 4 aromatic heterocycles. The van der Waals surface area contributed by atoms with Crippen LogP contribution in [0.5, 0.6) is 0 Å². The monoisotopic (exact) mass is 615 g/mol. The van der Waals surface area contributed by atoms with E-state index in [1.807, 2.05) is 24.5 Å². The van der Waals surface area contributed by atoms with Crippen LogP contribution in [-0.2, 0) is 6.42 Å². The first-order valence-electron chi connectivity index (χ1n) is 16.4. The molecule has 0 saturated carbocycles. The molecule has 5 nitrogen and oxygen atoms in total. The molecule has 0 fully saturated rings. The normalized spacial score (nSPS) is 14.6. The molecule has 1 atom stereocenters. The molecular weight excluding hydrogens is 587 g/mol. The van der Waals surface area contributed by atoms with Crippen LogP contribution in [0, 0.1) is 5.92 Å². The minimum Gasteiger partial charge on any atom is -0.309 e. The summed E-state index contributed by atoms with van der Waals surface area (Å²) in [7, 11) is 0.